The maximum atomic E-state index is 13.0. The van der Waals surface area contributed by atoms with Crippen LogP contribution in [0.4, 0.5) is 5.69 Å². The molecule has 2 aliphatic carbocycles. The van der Waals surface area contributed by atoms with Crippen LogP contribution in [0.1, 0.15) is 77.7 Å². The third kappa shape index (κ3) is 4.56. The molecule has 0 amide bonds. The van der Waals surface area contributed by atoms with E-state index in [9.17, 15) is 9.70 Å². The second-order valence-electron chi connectivity index (χ2n) is 9.91. The molecular formula is C28H33NO2. The summed E-state index contributed by atoms with van der Waals surface area (Å²) in [6.45, 7) is 8.68. The first kappa shape index (κ1) is 21.7. The largest absolute Gasteiger partial charge is 0.289 e. The Labute approximate surface area is 185 Å². The maximum Gasteiger partial charge on any atom is 0.186 e. The highest BCUT2D eigenvalue weighted by atomic mass is 16.3. The standard InChI is InChI=1S/C28H33NO2/c1-5-20-8-17(2)9-21(12-20)13-22-10-19(4)28-25(14-22)15-24(16-27(28)30)23-6-7-26(29-31)18(3)11-23/h6-7,10-11,14,16-17,20-21H,5,8-9,12-13,15H2,1-4H3. The Hall–Kier alpha value is -2.55. The molecule has 0 spiro atoms. The van der Waals surface area contributed by atoms with Crippen LogP contribution in [-0.4, -0.2) is 5.78 Å². The smallest absolute Gasteiger partial charge is 0.186 e. The first-order valence-corrected chi connectivity index (χ1v) is 11.7. The van der Waals surface area contributed by atoms with Gasteiger partial charge in [-0.3, -0.25) is 4.79 Å². The van der Waals surface area contributed by atoms with Crippen molar-refractivity contribution in [1.82, 2.24) is 0 Å². The molecule has 4 rings (SSSR count). The van der Waals surface area contributed by atoms with Crippen molar-refractivity contribution in [2.24, 2.45) is 22.9 Å². The lowest BCUT2D eigenvalue weighted by Crippen LogP contribution is -2.22. The summed E-state index contributed by atoms with van der Waals surface area (Å²) in [7, 11) is 0. The van der Waals surface area contributed by atoms with Crippen molar-refractivity contribution >= 4 is 17.0 Å². The number of fused-ring (bicyclic) bond motifs is 1. The Morgan fingerprint density at radius 1 is 1.00 bits per heavy atom. The third-order valence-electron chi connectivity index (χ3n) is 7.32. The number of hydrogen-bond donors (Lipinski definition) is 0. The highest BCUT2D eigenvalue weighted by molar-refractivity contribution is 6.12. The van der Waals surface area contributed by atoms with E-state index in [-0.39, 0.29) is 5.78 Å². The van der Waals surface area contributed by atoms with Crippen molar-refractivity contribution in [3.8, 4) is 0 Å². The fraction of sp³-hybridized carbons (Fsp3) is 0.464. The van der Waals surface area contributed by atoms with E-state index in [1.54, 1.807) is 12.1 Å². The number of hydrogen-bond acceptors (Lipinski definition) is 3. The molecule has 0 aliphatic heterocycles. The summed E-state index contributed by atoms with van der Waals surface area (Å²) in [6.07, 6.45) is 8.93. The van der Waals surface area contributed by atoms with Gasteiger partial charge in [0.05, 0.1) is 0 Å². The van der Waals surface area contributed by atoms with Gasteiger partial charge in [-0.25, -0.2) is 0 Å². The van der Waals surface area contributed by atoms with Gasteiger partial charge in [0.2, 0.25) is 0 Å². The van der Waals surface area contributed by atoms with E-state index in [1.165, 1.54) is 31.2 Å². The average Bonchev–Trinajstić information content (AvgIpc) is 2.72. The van der Waals surface area contributed by atoms with Crippen LogP contribution < -0.4 is 0 Å². The number of benzene rings is 2. The summed E-state index contributed by atoms with van der Waals surface area (Å²) in [4.78, 5) is 23.9. The molecule has 2 aromatic carbocycles. The highest BCUT2D eigenvalue weighted by Gasteiger charge is 2.27. The Morgan fingerprint density at radius 2 is 1.77 bits per heavy atom. The SMILES string of the molecule is CCC1CC(C)CC(Cc2cc(C)c3c(c2)CC(c2ccc(N=O)c(C)c2)=CC3=O)C1. The molecule has 2 aliphatic rings. The lowest BCUT2D eigenvalue weighted by molar-refractivity contribution is 0.104. The van der Waals surface area contributed by atoms with Crippen LogP contribution in [0.3, 0.4) is 0 Å². The molecule has 3 heteroatoms. The van der Waals surface area contributed by atoms with E-state index in [4.69, 9.17) is 0 Å². The minimum Gasteiger partial charge on any atom is -0.289 e. The Balaban J connectivity index is 1.60. The van der Waals surface area contributed by atoms with Gasteiger partial charge in [-0.2, -0.15) is 0 Å². The molecule has 3 unspecified atom stereocenters. The second-order valence-corrected chi connectivity index (χ2v) is 9.91. The van der Waals surface area contributed by atoms with Crippen LogP contribution in [0.25, 0.3) is 5.57 Å². The normalized spacial score (nSPS) is 23.3. The van der Waals surface area contributed by atoms with Gasteiger partial charge in [0.15, 0.2) is 5.78 Å². The summed E-state index contributed by atoms with van der Waals surface area (Å²) < 4.78 is 0. The number of aryl methyl sites for hydroxylation is 2. The van der Waals surface area contributed by atoms with Gasteiger partial charge in [0.25, 0.3) is 0 Å². The van der Waals surface area contributed by atoms with E-state index in [0.717, 1.165) is 64.0 Å². The molecule has 0 bridgehead atoms. The zero-order chi connectivity index (χ0) is 22.1. The summed E-state index contributed by atoms with van der Waals surface area (Å²) in [5.74, 6) is 2.50. The van der Waals surface area contributed by atoms with Crippen LogP contribution in [0.2, 0.25) is 0 Å². The molecular weight excluding hydrogens is 382 g/mol. The van der Waals surface area contributed by atoms with Gasteiger partial charge in [-0.05, 0) is 120 Å². The first-order valence-electron chi connectivity index (χ1n) is 11.7. The van der Waals surface area contributed by atoms with Crippen LogP contribution in [0, 0.1) is 36.5 Å². The van der Waals surface area contributed by atoms with E-state index in [1.807, 2.05) is 19.1 Å². The number of nitroso groups, excluding NO2 is 1. The van der Waals surface area contributed by atoms with E-state index < -0.39 is 0 Å². The monoisotopic (exact) mass is 415 g/mol. The van der Waals surface area contributed by atoms with E-state index in [2.05, 4.69) is 38.1 Å². The molecule has 0 radical (unpaired) electrons. The van der Waals surface area contributed by atoms with E-state index >= 15 is 0 Å². The van der Waals surface area contributed by atoms with Crippen molar-refractivity contribution in [3.05, 3.63) is 74.7 Å². The van der Waals surface area contributed by atoms with E-state index in [0.29, 0.717) is 5.69 Å². The third-order valence-corrected chi connectivity index (χ3v) is 7.32. The lowest BCUT2D eigenvalue weighted by atomic mass is 9.72. The summed E-state index contributed by atoms with van der Waals surface area (Å²) >= 11 is 0. The second kappa shape index (κ2) is 8.90. The minimum atomic E-state index is 0.0906. The average molecular weight is 416 g/mol. The van der Waals surface area contributed by atoms with Gasteiger partial charge in [-0.15, -0.1) is 4.91 Å². The van der Waals surface area contributed by atoms with Crippen molar-refractivity contribution < 1.29 is 4.79 Å². The minimum absolute atomic E-state index is 0.0906. The zero-order valence-electron chi connectivity index (χ0n) is 19.2. The van der Waals surface area contributed by atoms with Gasteiger partial charge >= 0.3 is 0 Å². The highest BCUT2D eigenvalue weighted by Crippen LogP contribution is 2.38. The molecule has 3 atom stereocenters. The van der Waals surface area contributed by atoms with Gasteiger partial charge < -0.3 is 0 Å². The van der Waals surface area contributed by atoms with Gasteiger partial charge in [0, 0.05) is 5.56 Å². The molecule has 0 N–H and O–H groups in total. The van der Waals surface area contributed by atoms with Gasteiger partial charge in [0.1, 0.15) is 5.69 Å². The van der Waals surface area contributed by atoms with Crippen molar-refractivity contribution in [2.75, 3.05) is 0 Å². The predicted molar refractivity (Wildman–Crippen MR) is 128 cm³/mol. The van der Waals surface area contributed by atoms with Crippen LogP contribution in [0.15, 0.2) is 41.6 Å². The fourth-order valence-electron chi connectivity index (χ4n) is 5.91. The number of nitrogens with zero attached hydrogens (tertiary/aromatic N) is 1. The summed E-state index contributed by atoms with van der Waals surface area (Å²) in [5.41, 5.74) is 7.80. The molecule has 0 aromatic heterocycles. The number of rotatable bonds is 5. The Morgan fingerprint density at radius 3 is 2.48 bits per heavy atom. The molecule has 2 aromatic rings. The number of carbonyl (C=O) groups excluding carboxylic acids is 1. The quantitative estimate of drug-likeness (QED) is 0.474. The van der Waals surface area contributed by atoms with Crippen LogP contribution in [-0.2, 0) is 12.8 Å². The molecule has 162 valence electrons. The number of carbonyl (C=O) groups is 1. The summed E-state index contributed by atoms with van der Waals surface area (Å²) in [5, 5.41) is 3.07. The molecule has 1 fully saturated rings. The fourth-order valence-corrected chi connectivity index (χ4v) is 5.91. The molecule has 0 saturated heterocycles. The topological polar surface area (TPSA) is 46.5 Å². The number of ketones is 1. The molecule has 3 nitrogen and oxygen atoms in total. The van der Waals surface area contributed by atoms with Crippen molar-refractivity contribution in [3.63, 3.8) is 0 Å². The predicted octanol–water partition coefficient (Wildman–Crippen LogP) is 7.53. The summed E-state index contributed by atoms with van der Waals surface area (Å²) in [6, 6.07) is 10.1. The first-order chi connectivity index (χ1) is 14.9. The van der Waals surface area contributed by atoms with Crippen LogP contribution in [0.5, 0.6) is 0 Å². The lowest BCUT2D eigenvalue weighted by Gasteiger charge is -2.33. The molecule has 0 heterocycles. The van der Waals surface area contributed by atoms with Crippen LogP contribution >= 0.6 is 0 Å². The number of allylic oxidation sites excluding steroid dienone is 2. The maximum absolute atomic E-state index is 13.0. The molecule has 31 heavy (non-hydrogen) atoms. The Bertz CT molecular complexity index is 1050. The molecule has 1 saturated carbocycles. The Kier molecular flexibility index (Phi) is 6.22. The van der Waals surface area contributed by atoms with Crippen molar-refractivity contribution in [1.29, 1.82) is 0 Å². The van der Waals surface area contributed by atoms with Crippen molar-refractivity contribution in [2.45, 2.75) is 66.2 Å². The van der Waals surface area contributed by atoms with Gasteiger partial charge in [-0.1, -0.05) is 38.5 Å². The zero-order valence-corrected chi connectivity index (χ0v) is 19.2.